The molecule has 1 atom stereocenters. The van der Waals surface area contributed by atoms with Crippen LogP contribution in [0.1, 0.15) is 37.8 Å². The lowest BCUT2D eigenvalue weighted by molar-refractivity contribution is -0.138. The topological polar surface area (TPSA) is 75.6 Å². The fourth-order valence-corrected chi connectivity index (χ4v) is 1.92. The van der Waals surface area contributed by atoms with Crippen LogP contribution >= 0.6 is 11.6 Å². The maximum Gasteiger partial charge on any atom is 0.305 e. The van der Waals surface area contributed by atoms with Gasteiger partial charge in [-0.3, -0.25) is 9.59 Å². The van der Waals surface area contributed by atoms with Crippen molar-refractivity contribution in [1.29, 1.82) is 0 Å². The van der Waals surface area contributed by atoms with Crippen LogP contribution < -0.4 is 5.32 Å². The first-order valence-electron chi connectivity index (χ1n) is 6.98. The molecule has 0 radical (unpaired) electrons. The highest BCUT2D eigenvalue weighted by atomic mass is 35.5. The first kappa shape index (κ1) is 18.4. The number of hydrogen-bond acceptors (Lipinski definition) is 3. The SMILES string of the molecule is CCCCOCC(=O)NC(CC(=O)O)c1ccc(Cl)c(F)c1. The van der Waals surface area contributed by atoms with Gasteiger partial charge in [-0.15, -0.1) is 0 Å². The number of ether oxygens (including phenoxy) is 1. The highest BCUT2D eigenvalue weighted by Crippen LogP contribution is 2.22. The Balaban J connectivity index is 2.69. The van der Waals surface area contributed by atoms with Gasteiger partial charge in [-0.1, -0.05) is 31.0 Å². The molecule has 1 unspecified atom stereocenters. The molecule has 1 amide bonds. The fraction of sp³-hybridized carbons (Fsp3) is 0.467. The minimum absolute atomic E-state index is 0.0629. The number of unbranched alkanes of at least 4 members (excludes halogenated alkanes) is 1. The summed E-state index contributed by atoms with van der Waals surface area (Å²) >= 11 is 5.60. The second-order valence-electron chi connectivity index (χ2n) is 4.80. The number of carbonyl (C=O) groups excluding carboxylic acids is 1. The van der Waals surface area contributed by atoms with Crippen LogP contribution in [0.2, 0.25) is 5.02 Å². The number of carbonyl (C=O) groups is 2. The zero-order valence-corrected chi connectivity index (χ0v) is 13.0. The monoisotopic (exact) mass is 331 g/mol. The van der Waals surface area contributed by atoms with Crippen LogP contribution in [0.5, 0.6) is 0 Å². The molecule has 22 heavy (non-hydrogen) atoms. The predicted octanol–water partition coefficient (Wildman–Crippen LogP) is 2.93. The number of carboxylic acids is 1. The molecule has 1 aromatic carbocycles. The van der Waals surface area contributed by atoms with Crippen LogP contribution in [-0.4, -0.2) is 30.2 Å². The van der Waals surface area contributed by atoms with E-state index in [0.717, 1.165) is 18.9 Å². The second kappa shape index (κ2) is 9.38. The molecule has 0 saturated heterocycles. The summed E-state index contributed by atoms with van der Waals surface area (Å²) in [4.78, 5) is 22.7. The van der Waals surface area contributed by atoms with E-state index in [2.05, 4.69) is 5.32 Å². The van der Waals surface area contributed by atoms with Crippen LogP contribution in [0.25, 0.3) is 0 Å². The largest absolute Gasteiger partial charge is 0.481 e. The molecule has 1 rings (SSSR count). The maximum atomic E-state index is 13.5. The Kier molecular flexibility index (Phi) is 7.84. The van der Waals surface area contributed by atoms with Gasteiger partial charge < -0.3 is 15.2 Å². The molecule has 0 aliphatic heterocycles. The van der Waals surface area contributed by atoms with Gasteiger partial charge in [0.15, 0.2) is 0 Å². The Morgan fingerprint density at radius 2 is 2.18 bits per heavy atom. The first-order valence-corrected chi connectivity index (χ1v) is 7.35. The van der Waals surface area contributed by atoms with E-state index in [1.165, 1.54) is 12.1 Å². The summed E-state index contributed by atoms with van der Waals surface area (Å²) in [5.41, 5.74) is 0.339. The van der Waals surface area contributed by atoms with Gasteiger partial charge in [0.1, 0.15) is 12.4 Å². The van der Waals surface area contributed by atoms with Gasteiger partial charge >= 0.3 is 5.97 Å². The summed E-state index contributed by atoms with van der Waals surface area (Å²) in [6, 6.07) is 3.09. The van der Waals surface area contributed by atoms with Gasteiger partial charge in [0, 0.05) is 6.61 Å². The Morgan fingerprint density at radius 1 is 1.45 bits per heavy atom. The smallest absolute Gasteiger partial charge is 0.305 e. The van der Waals surface area contributed by atoms with Crippen molar-refractivity contribution in [3.05, 3.63) is 34.6 Å². The highest BCUT2D eigenvalue weighted by molar-refractivity contribution is 6.30. The highest BCUT2D eigenvalue weighted by Gasteiger charge is 2.19. The van der Waals surface area contributed by atoms with Crippen molar-refractivity contribution in [3.8, 4) is 0 Å². The molecular formula is C15H19ClFNO4. The standard InChI is InChI=1S/C15H19ClFNO4/c1-2-3-6-22-9-14(19)18-13(8-15(20)21)10-4-5-11(16)12(17)7-10/h4-5,7,13H,2-3,6,8-9H2,1H3,(H,18,19)(H,20,21). The van der Waals surface area contributed by atoms with Crippen molar-refractivity contribution in [3.63, 3.8) is 0 Å². The van der Waals surface area contributed by atoms with Gasteiger partial charge in [0.25, 0.3) is 0 Å². The fourth-order valence-electron chi connectivity index (χ4n) is 1.80. The number of hydrogen-bond donors (Lipinski definition) is 2. The van der Waals surface area contributed by atoms with Crippen molar-refractivity contribution < 1.29 is 23.8 Å². The number of halogens is 2. The molecule has 0 fully saturated rings. The molecule has 1 aromatic rings. The molecule has 2 N–H and O–H groups in total. The summed E-state index contributed by atoms with van der Waals surface area (Å²) in [5.74, 6) is -2.21. The van der Waals surface area contributed by atoms with E-state index in [0.29, 0.717) is 12.2 Å². The van der Waals surface area contributed by atoms with E-state index in [1.807, 2.05) is 6.92 Å². The van der Waals surface area contributed by atoms with Crippen LogP contribution in [0.4, 0.5) is 4.39 Å². The van der Waals surface area contributed by atoms with E-state index in [9.17, 15) is 14.0 Å². The summed E-state index contributed by atoms with van der Waals surface area (Å²) in [6.07, 6.45) is 1.43. The second-order valence-corrected chi connectivity index (χ2v) is 5.20. The lowest BCUT2D eigenvalue weighted by Crippen LogP contribution is -2.33. The summed E-state index contributed by atoms with van der Waals surface area (Å²) in [5, 5.41) is 11.4. The third kappa shape index (κ3) is 6.41. The number of carboxylic acid groups (broad SMARTS) is 1. The number of amides is 1. The molecule has 0 heterocycles. The third-order valence-corrected chi connectivity index (χ3v) is 3.24. The zero-order valence-electron chi connectivity index (χ0n) is 12.3. The van der Waals surface area contributed by atoms with Crippen molar-refractivity contribution >= 4 is 23.5 Å². The van der Waals surface area contributed by atoms with Gasteiger partial charge in [-0.2, -0.15) is 0 Å². The Hall–Kier alpha value is -1.66. The Labute approximate surface area is 133 Å². The molecule has 7 heteroatoms. The molecule has 0 saturated carbocycles. The van der Waals surface area contributed by atoms with Crippen molar-refractivity contribution in [2.75, 3.05) is 13.2 Å². The third-order valence-electron chi connectivity index (χ3n) is 2.94. The summed E-state index contributed by atoms with van der Waals surface area (Å²) in [7, 11) is 0. The lowest BCUT2D eigenvalue weighted by Gasteiger charge is -2.18. The van der Waals surface area contributed by atoms with Crippen LogP contribution in [0.15, 0.2) is 18.2 Å². The minimum atomic E-state index is -1.10. The van der Waals surface area contributed by atoms with Crippen molar-refractivity contribution in [2.45, 2.75) is 32.2 Å². The molecule has 0 aliphatic carbocycles. The molecule has 5 nitrogen and oxygen atoms in total. The quantitative estimate of drug-likeness (QED) is 0.682. The van der Waals surface area contributed by atoms with Gasteiger partial charge in [0.2, 0.25) is 5.91 Å². The number of aliphatic carboxylic acids is 1. The van der Waals surface area contributed by atoms with Gasteiger partial charge in [-0.05, 0) is 24.1 Å². The van der Waals surface area contributed by atoms with Crippen molar-refractivity contribution in [1.82, 2.24) is 5.32 Å². The molecule has 0 aromatic heterocycles. The minimum Gasteiger partial charge on any atom is -0.481 e. The van der Waals surface area contributed by atoms with E-state index in [1.54, 1.807) is 0 Å². The van der Waals surface area contributed by atoms with Gasteiger partial charge in [0.05, 0.1) is 17.5 Å². The molecular weight excluding hydrogens is 313 g/mol. The molecule has 0 bridgehead atoms. The van der Waals surface area contributed by atoms with Crippen LogP contribution in [0, 0.1) is 5.82 Å². The number of rotatable bonds is 9. The summed E-state index contributed by atoms with van der Waals surface area (Å²) < 4.78 is 18.7. The average molecular weight is 332 g/mol. The van der Waals surface area contributed by atoms with E-state index in [-0.39, 0.29) is 18.1 Å². The first-order chi connectivity index (χ1) is 10.4. The van der Waals surface area contributed by atoms with Crippen LogP contribution in [0.3, 0.4) is 0 Å². The van der Waals surface area contributed by atoms with E-state index < -0.39 is 23.7 Å². The number of nitrogens with one attached hydrogen (secondary N) is 1. The number of benzene rings is 1. The predicted molar refractivity (Wildman–Crippen MR) is 80.3 cm³/mol. The molecule has 0 spiro atoms. The van der Waals surface area contributed by atoms with E-state index >= 15 is 0 Å². The molecule has 122 valence electrons. The molecule has 0 aliphatic rings. The normalized spacial score (nSPS) is 12.0. The maximum absolute atomic E-state index is 13.5. The summed E-state index contributed by atoms with van der Waals surface area (Å²) in [6.45, 7) is 2.30. The average Bonchev–Trinajstić information content (AvgIpc) is 2.45. The van der Waals surface area contributed by atoms with E-state index in [4.69, 9.17) is 21.4 Å². The Morgan fingerprint density at radius 3 is 2.77 bits per heavy atom. The van der Waals surface area contributed by atoms with Gasteiger partial charge in [-0.25, -0.2) is 4.39 Å². The lowest BCUT2D eigenvalue weighted by atomic mass is 10.0. The Bertz CT molecular complexity index is 524. The zero-order chi connectivity index (χ0) is 16.5. The van der Waals surface area contributed by atoms with Crippen LogP contribution in [-0.2, 0) is 14.3 Å². The van der Waals surface area contributed by atoms with Crippen molar-refractivity contribution in [2.24, 2.45) is 0 Å².